The molecule has 0 unspecified atom stereocenters. The smallest absolute Gasteiger partial charge is 0.290 e. The van der Waals surface area contributed by atoms with Crippen LogP contribution < -0.4 is 5.32 Å². The van der Waals surface area contributed by atoms with Gasteiger partial charge in [-0.05, 0) is 30.2 Å². The number of imide groups is 1. The molecule has 1 saturated carbocycles. The molecule has 2 amide bonds. The summed E-state index contributed by atoms with van der Waals surface area (Å²) in [6, 6.07) is 10.7. The molecule has 1 heterocycles. The van der Waals surface area contributed by atoms with Crippen molar-refractivity contribution in [2.24, 2.45) is 0 Å². The number of hydrogen-bond donors (Lipinski definition) is 1. The van der Waals surface area contributed by atoms with Gasteiger partial charge in [0.25, 0.3) is 11.1 Å². The topological polar surface area (TPSA) is 49.4 Å². The van der Waals surface area contributed by atoms with Gasteiger partial charge in [0.1, 0.15) is 0 Å². The molecule has 0 bridgehead atoms. The number of benzene rings is 1. The third-order valence-corrected chi connectivity index (χ3v) is 5.22. The van der Waals surface area contributed by atoms with Crippen molar-refractivity contribution in [1.82, 2.24) is 10.2 Å². The lowest BCUT2D eigenvalue weighted by molar-refractivity contribution is -0.115. The summed E-state index contributed by atoms with van der Waals surface area (Å²) in [6.07, 6.45) is 9.25. The maximum atomic E-state index is 11.9. The van der Waals surface area contributed by atoms with Gasteiger partial charge in [0.15, 0.2) is 0 Å². The Kier molecular flexibility index (Phi) is 5.39. The Labute approximate surface area is 141 Å². The summed E-state index contributed by atoms with van der Waals surface area (Å²) in [6.45, 7) is 0.775. The van der Waals surface area contributed by atoms with Crippen LogP contribution in [0.1, 0.15) is 44.1 Å². The molecule has 1 aliphatic heterocycles. The van der Waals surface area contributed by atoms with Gasteiger partial charge in [-0.25, -0.2) is 0 Å². The molecule has 3 rings (SSSR count). The van der Waals surface area contributed by atoms with Gasteiger partial charge in [-0.3, -0.25) is 14.9 Å². The fraction of sp³-hybridized carbons (Fsp3) is 0.444. The zero-order valence-corrected chi connectivity index (χ0v) is 14.0. The molecule has 1 N–H and O–H groups in total. The summed E-state index contributed by atoms with van der Waals surface area (Å²) in [7, 11) is 0. The normalized spacial score (nSPS) is 21.3. The molecule has 122 valence electrons. The number of hydrogen-bond acceptors (Lipinski definition) is 4. The first-order valence-electron chi connectivity index (χ1n) is 8.27. The SMILES string of the molecule is O=C1NC(=O)C(=CN(Cc2ccccc2)C2CCCCCC2)S1. The molecule has 1 aromatic rings. The van der Waals surface area contributed by atoms with Crippen molar-refractivity contribution in [3.05, 3.63) is 47.0 Å². The van der Waals surface area contributed by atoms with E-state index >= 15 is 0 Å². The van der Waals surface area contributed by atoms with Crippen LogP contribution in [-0.2, 0) is 11.3 Å². The minimum absolute atomic E-state index is 0.272. The van der Waals surface area contributed by atoms with Crippen LogP contribution in [0, 0.1) is 0 Å². The van der Waals surface area contributed by atoms with Crippen LogP contribution in [-0.4, -0.2) is 22.1 Å². The summed E-state index contributed by atoms with van der Waals surface area (Å²) in [4.78, 5) is 26.1. The summed E-state index contributed by atoms with van der Waals surface area (Å²) in [5, 5.41) is 2.07. The fourth-order valence-electron chi connectivity index (χ4n) is 3.23. The van der Waals surface area contributed by atoms with Gasteiger partial charge in [0, 0.05) is 18.8 Å². The summed E-state index contributed by atoms with van der Waals surface area (Å²) in [5.41, 5.74) is 1.23. The zero-order chi connectivity index (χ0) is 16.1. The average molecular weight is 330 g/mol. The first-order chi connectivity index (χ1) is 11.2. The van der Waals surface area contributed by atoms with Crippen LogP contribution in [0.2, 0.25) is 0 Å². The van der Waals surface area contributed by atoms with Gasteiger partial charge in [0.2, 0.25) is 0 Å². The third kappa shape index (κ3) is 4.38. The van der Waals surface area contributed by atoms with Gasteiger partial charge in [-0.1, -0.05) is 56.0 Å². The van der Waals surface area contributed by atoms with Gasteiger partial charge in [0.05, 0.1) is 4.91 Å². The number of carbonyl (C=O) groups excluding carboxylic acids is 2. The number of thioether (sulfide) groups is 1. The number of nitrogens with one attached hydrogen (secondary N) is 1. The van der Waals surface area contributed by atoms with Crippen molar-refractivity contribution in [1.29, 1.82) is 0 Å². The van der Waals surface area contributed by atoms with E-state index in [2.05, 4.69) is 22.3 Å². The van der Waals surface area contributed by atoms with Crippen LogP contribution in [0.25, 0.3) is 0 Å². The predicted molar refractivity (Wildman–Crippen MR) is 92.7 cm³/mol. The molecular formula is C18H22N2O2S. The summed E-state index contributed by atoms with van der Waals surface area (Å²) >= 11 is 1.00. The van der Waals surface area contributed by atoms with E-state index in [0.29, 0.717) is 10.9 Å². The number of amides is 2. The summed E-state index contributed by atoms with van der Waals surface area (Å²) < 4.78 is 0. The minimum atomic E-state index is -0.276. The van der Waals surface area contributed by atoms with Crippen LogP contribution in [0.15, 0.2) is 41.4 Å². The predicted octanol–water partition coefficient (Wildman–Crippen LogP) is 4.04. The average Bonchev–Trinajstić information content (AvgIpc) is 2.76. The molecule has 4 nitrogen and oxygen atoms in total. The molecule has 0 spiro atoms. The highest BCUT2D eigenvalue weighted by Crippen LogP contribution is 2.28. The maximum absolute atomic E-state index is 11.9. The van der Waals surface area contributed by atoms with Crippen molar-refractivity contribution in [3.8, 4) is 0 Å². The third-order valence-electron chi connectivity index (χ3n) is 4.43. The van der Waals surface area contributed by atoms with E-state index in [1.807, 2.05) is 24.4 Å². The molecule has 0 radical (unpaired) electrons. The van der Waals surface area contributed by atoms with Crippen molar-refractivity contribution in [2.45, 2.75) is 51.1 Å². The Morgan fingerprint density at radius 3 is 2.39 bits per heavy atom. The highest BCUT2D eigenvalue weighted by Gasteiger charge is 2.27. The standard InChI is InChI=1S/C18H22N2O2S/c21-17-16(23-18(22)19-17)13-20(12-14-8-4-3-5-9-14)15-10-6-1-2-7-11-15/h3-5,8-9,13,15H,1-2,6-7,10-12H2,(H,19,21,22). The lowest BCUT2D eigenvalue weighted by atomic mass is 10.1. The Morgan fingerprint density at radius 2 is 1.78 bits per heavy atom. The second kappa shape index (κ2) is 7.68. The molecule has 0 atom stereocenters. The highest BCUT2D eigenvalue weighted by atomic mass is 32.2. The van der Waals surface area contributed by atoms with E-state index in [9.17, 15) is 9.59 Å². The molecule has 5 heteroatoms. The lowest BCUT2D eigenvalue weighted by Gasteiger charge is -2.30. The zero-order valence-electron chi connectivity index (χ0n) is 13.2. The van der Waals surface area contributed by atoms with E-state index in [1.54, 1.807) is 0 Å². The van der Waals surface area contributed by atoms with Crippen LogP contribution >= 0.6 is 11.8 Å². The van der Waals surface area contributed by atoms with E-state index < -0.39 is 0 Å². The molecule has 1 aliphatic carbocycles. The maximum Gasteiger partial charge on any atom is 0.290 e. The molecule has 1 aromatic carbocycles. The van der Waals surface area contributed by atoms with Gasteiger partial charge in [-0.15, -0.1) is 0 Å². The monoisotopic (exact) mass is 330 g/mol. The lowest BCUT2D eigenvalue weighted by Crippen LogP contribution is -2.31. The second-order valence-corrected chi connectivity index (χ2v) is 7.16. The van der Waals surface area contributed by atoms with Crippen molar-refractivity contribution < 1.29 is 9.59 Å². The Morgan fingerprint density at radius 1 is 1.09 bits per heavy atom. The van der Waals surface area contributed by atoms with Crippen molar-refractivity contribution in [2.75, 3.05) is 0 Å². The van der Waals surface area contributed by atoms with E-state index in [1.165, 1.54) is 31.2 Å². The van der Waals surface area contributed by atoms with E-state index in [0.717, 1.165) is 31.1 Å². The first kappa shape index (κ1) is 16.1. The second-order valence-electron chi connectivity index (χ2n) is 6.14. The molecular weight excluding hydrogens is 308 g/mol. The van der Waals surface area contributed by atoms with E-state index in [4.69, 9.17) is 0 Å². The van der Waals surface area contributed by atoms with Crippen LogP contribution in [0.5, 0.6) is 0 Å². The van der Waals surface area contributed by atoms with Crippen LogP contribution in [0.4, 0.5) is 4.79 Å². The number of nitrogens with zero attached hydrogens (tertiary/aromatic N) is 1. The van der Waals surface area contributed by atoms with Gasteiger partial charge >= 0.3 is 0 Å². The number of rotatable bonds is 4. The van der Waals surface area contributed by atoms with Gasteiger partial charge in [-0.2, -0.15) is 0 Å². The Bertz CT molecular complexity index is 592. The Balaban J connectivity index is 1.81. The van der Waals surface area contributed by atoms with Crippen molar-refractivity contribution >= 4 is 22.9 Å². The first-order valence-corrected chi connectivity index (χ1v) is 9.09. The van der Waals surface area contributed by atoms with Crippen LogP contribution in [0.3, 0.4) is 0 Å². The quantitative estimate of drug-likeness (QED) is 0.669. The largest absolute Gasteiger partial charge is 0.369 e. The molecule has 1 saturated heterocycles. The minimum Gasteiger partial charge on any atom is -0.369 e. The molecule has 2 fully saturated rings. The van der Waals surface area contributed by atoms with Crippen molar-refractivity contribution in [3.63, 3.8) is 0 Å². The summed E-state index contributed by atoms with van der Waals surface area (Å²) in [5.74, 6) is -0.272. The molecule has 23 heavy (non-hydrogen) atoms. The fourth-order valence-corrected chi connectivity index (χ4v) is 3.90. The van der Waals surface area contributed by atoms with E-state index in [-0.39, 0.29) is 11.1 Å². The Hall–Kier alpha value is -1.75. The van der Waals surface area contributed by atoms with Gasteiger partial charge < -0.3 is 4.90 Å². The number of carbonyl (C=O) groups is 2. The molecule has 0 aromatic heterocycles. The highest BCUT2D eigenvalue weighted by molar-refractivity contribution is 8.18. The molecule has 2 aliphatic rings.